The third-order valence-corrected chi connectivity index (χ3v) is 12.8. The summed E-state index contributed by atoms with van der Waals surface area (Å²) < 4.78 is 4.32. The highest BCUT2D eigenvalue weighted by molar-refractivity contribution is 5.94. The Morgan fingerprint density at radius 3 is 1.34 bits per heavy atom. The Labute approximate surface area is 406 Å². The summed E-state index contributed by atoms with van der Waals surface area (Å²) in [6.45, 7) is 0. The first-order valence-corrected chi connectivity index (χ1v) is 23.3. The van der Waals surface area contributed by atoms with E-state index >= 15 is 0 Å². The molecule has 0 N–H and O–H groups in total. The van der Waals surface area contributed by atoms with Gasteiger partial charge in [-0.2, -0.15) is 0 Å². The summed E-state index contributed by atoms with van der Waals surface area (Å²) in [6, 6.07) is 76.7. The molecule has 7 nitrogen and oxygen atoms in total. The second-order valence-corrected chi connectivity index (χ2v) is 17.1. The normalized spacial score (nSPS) is 11.1. The maximum Gasteiger partial charge on any atom is 0.0997 e. The van der Waals surface area contributed by atoms with Gasteiger partial charge >= 0.3 is 0 Å². The van der Waals surface area contributed by atoms with Crippen LogP contribution in [0.4, 0.5) is 0 Å². The van der Waals surface area contributed by atoms with E-state index in [2.05, 4.69) is 189 Å². The molecule has 7 aromatic carbocycles. The van der Waals surface area contributed by atoms with Gasteiger partial charge in [0.15, 0.2) is 0 Å². The molecule has 330 valence electrons. The van der Waals surface area contributed by atoms with Crippen molar-refractivity contribution in [2.45, 2.75) is 0 Å². The van der Waals surface area contributed by atoms with Crippen LogP contribution in [0.1, 0.15) is 0 Å². The predicted molar refractivity (Wildman–Crippen MR) is 283 cm³/mol. The molecule has 12 rings (SSSR count). The summed E-state index contributed by atoms with van der Waals surface area (Å²) in [5.74, 6) is 0. The van der Waals surface area contributed by atoms with E-state index < -0.39 is 0 Å². The highest BCUT2D eigenvalue weighted by Gasteiger charge is 2.19. The minimum atomic E-state index is 0.923. The molecule has 0 aliphatic rings. The summed E-state index contributed by atoms with van der Waals surface area (Å²) in [7, 11) is 0. The Morgan fingerprint density at radius 1 is 0.257 bits per heavy atom. The molecule has 0 saturated heterocycles. The molecular formula is C63H43N7. The fourth-order valence-corrected chi connectivity index (χ4v) is 9.31. The molecule has 5 heterocycles. The first-order chi connectivity index (χ1) is 34.7. The number of hydrogen-bond donors (Lipinski definition) is 0. The zero-order valence-electron chi connectivity index (χ0n) is 38.0. The number of nitrogens with zero attached hydrogens (tertiary/aromatic N) is 7. The lowest BCUT2D eigenvalue weighted by atomic mass is 9.87. The van der Waals surface area contributed by atoms with Crippen molar-refractivity contribution < 1.29 is 0 Å². The van der Waals surface area contributed by atoms with E-state index in [1.54, 1.807) is 0 Å². The molecule has 70 heavy (non-hydrogen) atoms. The monoisotopic (exact) mass is 897 g/mol. The van der Waals surface area contributed by atoms with Crippen LogP contribution in [0.3, 0.4) is 0 Å². The Bertz CT molecular complexity index is 3580. The molecule has 0 amide bonds. The van der Waals surface area contributed by atoms with Gasteiger partial charge in [-0.15, -0.1) is 0 Å². The van der Waals surface area contributed by atoms with Crippen molar-refractivity contribution >= 4 is 0 Å². The van der Waals surface area contributed by atoms with Crippen molar-refractivity contribution in [3.63, 3.8) is 0 Å². The molecule has 0 bridgehead atoms. The van der Waals surface area contributed by atoms with Crippen molar-refractivity contribution in [2.75, 3.05) is 0 Å². The average Bonchev–Trinajstić information content (AvgIpc) is 4.16. The van der Waals surface area contributed by atoms with Gasteiger partial charge in [-0.05, 0) is 117 Å². The van der Waals surface area contributed by atoms with Crippen LogP contribution >= 0.6 is 0 Å². The summed E-state index contributed by atoms with van der Waals surface area (Å²) in [5.41, 5.74) is 20.8. The number of hydrogen-bond acceptors (Lipinski definition) is 5. The van der Waals surface area contributed by atoms with Crippen molar-refractivity contribution in [1.82, 2.24) is 34.1 Å². The van der Waals surface area contributed by atoms with Gasteiger partial charge in [-0.3, -0.25) is 24.1 Å². The van der Waals surface area contributed by atoms with Crippen LogP contribution in [0.15, 0.2) is 262 Å². The van der Waals surface area contributed by atoms with Gasteiger partial charge in [0.25, 0.3) is 0 Å². The summed E-state index contributed by atoms with van der Waals surface area (Å²) >= 11 is 0. The molecule has 0 spiro atoms. The third kappa shape index (κ3) is 8.29. The molecule has 0 aliphatic heterocycles. The van der Waals surface area contributed by atoms with Crippen LogP contribution in [0, 0.1) is 0 Å². The Morgan fingerprint density at radius 2 is 0.714 bits per heavy atom. The lowest BCUT2D eigenvalue weighted by Gasteiger charge is -2.19. The van der Waals surface area contributed by atoms with E-state index in [0.29, 0.717) is 0 Å². The topological polar surface area (TPSA) is 74.3 Å². The van der Waals surface area contributed by atoms with Gasteiger partial charge in [0.1, 0.15) is 0 Å². The van der Waals surface area contributed by atoms with Crippen LogP contribution < -0.4 is 0 Å². The Hall–Kier alpha value is -9.59. The second kappa shape index (κ2) is 18.6. The zero-order chi connectivity index (χ0) is 46.6. The molecular weight excluding hydrogens is 855 g/mol. The zero-order valence-corrected chi connectivity index (χ0v) is 38.0. The SMILES string of the molecule is c1ccc(-c2ccc(-c3cc(-c4ccccn4)ccc3-c3ccccc3-c3cc(-c4cncn4-c4ccc(-c5ccccn5)cc4)cc(-n4cncc4-c4ccc(-c5ccccn5)cc4)c3)cc2)cc1. The van der Waals surface area contributed by atoms with Gasteiger partial charge in [-0.25, -0.2) is 9.97 Å². The third-order valence-electron chi connectivity index (χ3n) is 12.8. The minimum absolute atomic E-state index is 0.923. The van der Waals surface area contributed by atoms with Crippen molar-refractivity contribution in [3.05, 3.63) is 262 Å². The average molecular weight is 898 g/mol. The van der Waals surface area contributed by atoms with E-state index in [1.807, 2.05) is 92.2 Å². The molecule has 0 saturated carbocycles. The van der Waals surface area contributed by atoms with Gasteiger partial charge < -0.3 is 0 Å². The van der Waals surface area contributed by atoms with Crippen LogP contribution in [0.25, 0.3) is 112 Å². The number of rotatable bonds is 11. The summed E-state index contributed by atoms with van der Waals surface area (Å²) in [5, 5.41) is 0. The van der Waals surface area contributed by atoms with E-state index in [0.717, 1.165) is 101 Å². The maximum absolute atomic E-state index is 4.75. The Balaban J connectivity index is 1.01. The van der Waals surface area contributed by atoms with Gasteiger partial charge in [0.2, 0.25) is 0 Å². The van der Waals surface area contributed by atoms with Gasteiger partial charge in [-0.1, -0.05) is 146 Å². The van der Waals surface area contributed by atoms with Gasteiger partial charge in [0.05, 0.1) is 53.5 Å². The lowest BCUT2D eigenvalue weighted by molar-refractivity contribution is 1.05. The van der Waals surface area contributed by atoms with E-state index in [9.17, 15) is 0 Å². The largest absolute Gasteiger partial charge is 0.299 e. The van der Waals surface area contributed by atoms with Crippen molar-refractivity contribution in [1.29, 1.82) is 0 Å². The first kappa shape index (κ1) is 41.8. The van der Waals surface area contributed by atoms with Crippen LogP contribution in [0.5, 0.6) is 0 Å². The molecule has 0 fully saturated rings. The first-order valence-electron chi connectivity index (χ1n) is 23.3. The molecule has 12 aromatic rings. The van der Waals surface area contributed by atoms with Gasteiger partial charge in [0, 0.05) is 57.8 Å². The lowest BCUT2D eigenvalue weighted by Crippen LogP contribution is -2.00. The number of benzene rings is 7. The van der Waals surface area contributed by atoms with E-state index in [4.69, 9.17) is 15.0 Å². The Kier molecular flexibility index (Phi) is 11.1. The molecule has 0 radical (unpaired) electrons. The maximum atomic E-state index is 4.75. The molecule has 7 heteroatoms. The molecule has 0 atom stereocenters. The van der Waals surface area contributed by atoms with Crippen molar-refractivity contribution in [2.24, 2.45) is 0 Å². The summed E-state index contributed by atoms with van der Waals surface area (Å²) in [6.07, 6.45) is 13.2. The highest BCUT2D eigenvalue weighted by atomic mass is 15.1. The highest BCUT2D eigenvalue weighted by Crippen LogP contribution is 2.42. The van der Waals surface area contributed by atoms with Crippen LogP contribution in [-0.2, 0) is 0 Å². The molecule has 5 aromatic heterocycles. The van der Waals surface area contributed by atoms with Crippen molar-refractivity contribution in [3.8, 4) is 112 Å². The molecule has 0 unspecified atom stereocenters. The van der Waals surface area contributed by atoms with E-state index in [-0.39, 0.29) is 0 Å². The number of imidazole rings is 2. The number of pyridine rings is 3. The van der Waals surface area contributed by atoms with E-state index in [1.165, 1.54) is 11.1 Å². The minimum Gasteiger partial charge on any atom is -0.299 e. The smallest absolute Gasteiger partial charge is 0.0997 e. The fourth-order valence-electron chi connectivity index (χ4n) is 9.31. The molecule has 0 aliphatic carbocycles. The predicted octanol–water partition coefficient (Wildman–Crippen LogP) is 15.2. The van der Waals surface area contributed by atoms with Crippen LogP contribution in [-0.4, -0.2) is 34.1 Å². The standard InChI is InChI=1S/C63H43N7/c1-2-12-44(13-3-1)45-19-21-46(22-20-45)58-39-50(61-18-8-11-35-68-61)29-32-57(58)56-15-5-4-14-55(56)51-36-52(63-41-65-42-69(63)53-30-27-48(28-31-53)60-17-7-10-34-67-60)38-54(37-51)70-43-64-40-62(70)49-25-23-47(24-26-49)59-16-6-9-33-66-59/h1-43H. The second-order valence-electron chi connectivity index (χ2n) is 17.1. The summed E-state index contributed by atoms with van der Waals surface area (Å²) in [4.78, 5) is 23.4. The quantitative estimate of drug-likeness (QED) is 0.129. The number of aromatic nitrogens is 7. The fraction of sp³-hybridized carbons (Fsp3) is 0. The van der Waals surface area contributed by atoms with Crippen LogP contribution in [0.2, 0.25) is 0 Å².